The molecule has 0 saturated heterocycles. The number of aromatic nitrogens is 2. The summed E-state index contributed by atoms with van der Waals surface area (Å²) in [5, 5.41) is 8.13. The lowest BCUT2D eigenvalue weighted by Crippen LogP contribution is -2.24. The number of rotatable bonds is 7. The van der Waals surface area contributed by atoms with Gasteiger partial charge in [0.25, 0.3) is 0 Å². The van der Waals surface area contributed by atoms with Gasteiger partial charge < -0.3 is 5.32 Å². The highest BCUT2D eigenvalue weighted by atomic mass is 15.3. The Labute approximate surface area is 121 Å². The van der Waals surface area contributed by atoms with Gasteiger partial charge in [-0.3, -0.25) is 4.68 Å². The minimum Gasteiger partial charge on any atom is -0.304 e. The Morgan fingerprint density at radius 2 is 2.05 bits per heavy atom. The number of hydrogen-bond donors (Lipinski definition) is 1. The van der Waals surface area contributed by atoms with Gasteiger partial charge in [-0.15, -0.1) is 0 Å². The molecule has 1 heterocycles. The van der Waals surface area contributed by atoms with Crippen molar-refractivity contribution in [2.45, 2.75) is 45.3 Å². The molecule has 1 unspecified atom stereocenters. The third-order valence-electron chi connectivity index (χ3n) is 4.00. The molecule has 1 aliphatic rings. The van der Waals surface area contributed by atoms with E-state index in [0.717, 1.165) is 25.4 Å². The van der Waals surface area contributed by atoms with E-state index in [1.165, 1.54) is 24.1 Å². The second kappa shape index (κ2) is 6.23. The van der Waals surface area contributed by atoms with Gasteiger partial charge in [0.05, 0.1) is 5.69 Å². The van der Waals surface area contributed by atoms with Crippen molar-refractivity contribution in [1.29, 1.82) is 0 Å². The van der Waals surface area contributed by atoms with E-state index in [0.29, 0.717) is 6.04 Å². The molecular formula is C17H23N3. The summed E-state index contributed by atoms with van der Waals surface area (Å²) in [6, 6.07) is 13.4. The largest absolute Gasteiger partial charge is 0.304 e. The minimum atomic E-state index is 0.487. The molecule has 0 aliphatic heterocycles. The van der Waals surface area contributed by atoms with Crippen molar-refractivity contribution < 1.29 is 0 Å². The summed E-state index contributed by atoms with van der Waals surface area (Å²) in [6.07, 6.45) is 5.72. The van der Waals surface area contributed by atoms with E-state index >= 15 is 0 Å². The van der Waals surface area contributed by atoms with Crippen LogP contribution in [-0.2, 0) is 13.1 Å². The van der Waals surface area contributed by atoms with Crippen molar-refractivity contribution in [3.63, 3.8) is 0 Å². The molecule has 2 aromatic rings. The maximum Gasteiger partial charge on any atom is 0.0522 e. The maximum absolute atomic E-state index is 4.39. The van der Waals surface area contributed by atoms with Crippen molar-refractivity contribution in [2.75, 3.05) is 0 Å². The Morgan fingerprint density at radius 3 is 2.75 bits per heavy atom. The van der Waals surface area contributed by atoms with Gasteiger partial charge in [0.2, 0.25) is 0 Å². The van der Waals surface area contributed by atoms with E-state index in [1.54, 1.807) is 0 Å². The molecule has 1 saturated carbocycles. The van der Waals surface area contributed by atoms with Gasteiger partial charge >= 0.3 is 0 Å². The Hall–Kier alpha value is -1.61. The molecule has 1 aromatic carbocycles. The predicted molar refractivity (Wildman–Crippen MR) is 81.3 cm³/mol. The third kappa shape index (κ3) is 3.10. The summed E-state index contributed by atoms with van der Waals surface area (Å²) < 4.78 is 2.11. The van der Waals surface area contributed by atoms with Crippen LogP contribution in [0, 0.1) is 5.92 Å². The molecule has 1 atom stereocenters. The van der Waals surface area contributed by atoms with Gasteiger partial charge in [-0.25, -0.2) is 0 Å². The highest BCUT2D eigenvalue weighted by Gasteiger charge is 2.31. The second-order valence-electron chi connectivity index (χ2n) is 5.65. The smallest absolute Gasteiger partial charge is 0.0522 e. The summed E-state index contributed by atoms with van der Waals surface area (Å²) in [6.45, 7) is 4.09. The van der Waals surface area contributed by atoms with Crippen molar-refractivity contribution in [1.82, 2.24) is 15.1 Å². The molecule has 0 bridgehead atoms. The van der Waals surface area contributed by atoms with E-state index in [-0.39, 0.29) is 0 Å². The van der Waals surface area contributed by atoms with Gasteiger partial charge in [0, 0.05) is 25.3 Å². The monoisotopic (exact) mass is 269 g/mol. The fourth-order valence-corrected chi connectivity index (χ4v) is 2.78. The third-order valence-corrected chi connectivity index (χ3v) is 4.00. The van der Waals surface area contributed by atoms with E-state index < -0.39 is 0 Å². The first-order valence-electron chi connectivity index (χ1n) is 7.67. The molecule has 0 spiro atoms. The molecule has 0 radical (unpaired) electrons. The summed E-state index contributed by atoms with van der Waals surface area (Å²) in [4.78, 5) is 0. The first-order chi connectivity index (χ1) is 9.88. The molecular weight excluding hydrogens is 246 g/mol. The number of nitrogens with zero attached hydrogens (tertiary/aromatic N) is 2. The van der Waals surface area contributed by atoms with Crippen LogP contribution in [0.3, 0.4) is 0 Å². The topological polar surface area (TPSA) is 29.9 Å². The zero-order chi connectivity index (χ0) is 13.8. The minimum absolute atomic E-state index is 0.487. The Bertz CT molecular complexity index is 528. The first-order valence-corrected chi connectivity index (χ1v) is 7.67. The van der Waals surface area contributed by atoms with Crippen molar-refractivity contribution >= 4 is 0 Å². The highest BCUT2D eigenvalue weighted by Crippen LogP contribution is 2.41. The number of aryl methyl sites for hydroxylation is 1. The summed E-state index contributed by atoms with van der Waals surface area (Å²) >= 11 is 0. The number of benzene rings is 1. The van der Waals surface area contributed by atoms with E-state index in [1.807, 2.05) is 6.20 Å². The predicted octanol–water partition coefficient (Wildman–Crippen LogP) is 3.53. The number of hydrogen-bond acceptors (Lipinski definition) is 2. The molecule has 1 fully saturated rings. The molecule has 3 nitrogen and oxygen atoms in total. The lowest BCUT2D eigenvalue weighted by Gasteiger charge is -2.19. The van der Waals surface area contributed by atoms with Crippen LogP contribution < -0.4 is 5.32 Å². The van der Waals surface area contributed by atoms with Crippen LogP contribution in [0.15, 0.2) is 42.6 Å². The molecule has 0 amide bonds. The van der Waals surface area contributed by atoms with Gasteiger partial charge in [0.1, 0.15) is 0 Å². The normalized spacial score (nSPS) is 16.2. The fraction of sp³-hybridized carbons (Fsp3) is 0.471. The fourth-order valence-electron chi connectivity index (χ4n) is 2.78. The van der Waals surface area contributed by atoms with E-state index in [9.17, 15) is 0 Å². The molecule has 106 valence electrons. The molecule has 1 aromatic heterocycles. The lowest BCUT2D eigenvalue weighted by atomic mass is 10.0. The van der Waals surface area contributed by atoms with Crippen LogP contribution in [0.1, 0.15) is 43.5 Å². The van der Waals surface area contributed by atoms with Gasteiger partial charge in [0.15, 0.2) is 0 Å². The SMILES string of the molecule is CCCn1nccc1CNC(c1ccccc1)C1CC1. The number of nitrogens with one attached hydrogen (secondary N) is 1. The van der Waals surface area contributed by atoms with Gasteiger partial charge in [-0.2, -0.15) is 5.10 Å². The Morgan fingerprint density at radius 1 is 1.25 bits per heavy atom. The molecule has 1 aliphatic carbocycles. The van der Waals surface area contributed by atoms with Crippen LogP contribution in [0.2, 0.25) is 0 Å². The highest BCUT2D eigenvalue weighted by molar-refractivity contribution is 5.21. The van der Waals surface area contributed by atoms with Crippen LogP contribution in [-0.4, -0.2) is 9.78 Å². The Kier molecular flexibility index (Phi) is 4.16. The Balaban J connectivity index is 1.67. The molecule has 20 heavy (non-hydrogen) atoms. The average molecular weight is 269 g/mol. The summed E-state index contributed by atoms with van der Waals surface area (Å²) in [5.41, 5.74) is 2.70. The van der Waals surface area contributed by atoms with Crippen LogP contribution >= 0.6 is 0 Å². The zero-order valence-corrected chi connectivity index (χ0v) is 12.1. The zero-order valence-electron chi connectivity index (χ0n) is 12.1. The summed E-state index contributed by atoms with van der Waals surface area (Å²) in [5.74, 6) is 0.806. The lowest BCUT2D eigenvalue weighted by molar-refractivity contribution is 0.459. The van der Waals surface area contributed by atoms with Crippen LogP contribution in [0.4, 0.5) is 0 Å². The van der Waals surface area contributed by atoms with Crippen LogP contribution in [0.25, 0.3) is 0 Å². The molecule has 3 rings (SSSR count). The quantitative estimate of drug-likeness (QED) is 0.833. The maximum atomic E-state index is 4.39. The standard InChI is InChI=1S/C17H23N3/c1-2-12-20-16(10-11-19-20)13-18-17(15-8-9-15)14-6-4-3-5-7-14/h3-7,10-11,15,17-18H,2,8-9,12-13H2,1H3. The van der Waals surface area contributed by atoms with Crippen LogP contribution in [0.5, 0.6) is 0 Å². The van der Waals surface area contributed by atoms with Gasteiger partial charge in [-0.1, -0.05) is 37.3 Å². The molecule has 3 heteroatoms. The van der Waals surface area contributed by atoms with E-state index in [4.69, 9.17) is 0 Å². The molecule has 1 N–H and O–H groups in total. The van der Waals surface area contributed by atoms with Crippen molar-refractivity contribution in [3.8, 4) is 0 Å². The van der Waals surface area contributed by atoms with Gasteiger partial charge in [-0.05, 0) is 36.8 Å². The second-order valence-corrected chi connectivity index (χ2v) is 5.65. The summed E-state index contributed by atoms with van der Waals surface area (Å²) in [7, 11) is 0. The van der Waals surface area contributed by atoms with Crippen molar-refractivity contribution in [3.05, 3.63) is 53.9 Å². The first kappa shape index (κ1) is 13.4. The van der Waals surface area contributed by atoms with E-state index in [2.05, 4.69) is 58.4 Å². The average Bonchev–Trinajstić information content (AvgIpc) is 3.22. The van der Waals surface area contributed by atoms with Crippen molar-refractivity contribution in [2.24, 2.45) is 5.92 Å².